The Bertz CT molecular complexity index is 1130. The van der Waals surface area contributed by atoms with Crippen LogP contribution >= 0.6 is 11.3 Å². The van der Waals surface area contributed by atoms with Gasteiger partial charge in [0.25, 0.3) is 0 Å². The molecule has 1 saturated heterocycles. The lowest BCUT2D eigenvalue weighted by Crippen LogP contribution is -2.36. The van der Waals surface area contributed by atoms with Crippen molar-refractivity contribution in [3.63, 3.8) is 0 Å². The molecule has 1 aliphatic heterocycles. The summed E-state index contributed by atoms with van der Waals surface area (Å²) in [7, 11) is 0. The lowest BCUT2D eigenvalue weighted by molar-refractivity contribution is 0.123. The van der Waals surface area contributed by atoms with Gasteiger partial charge in [-0.1, -0.05) is 28.5 Å². The predicted octanol–water partition coefficient (Wildman–Crippen LogP) is 4.93. The average Bonchev–Trinajstić information content (AvgIpc) is 3.54. The zero-order chi connectivity index (χ0) is 20.5. The molecule has 0 amide bonds. The highest BCUT2D eigenvalue weighted by Gasteiger charge is 2.31. The highest BCUT2D eigenvalue weighted by atomic mass is 32.1. The summed E-state index contributed by atoms with van der Waals surface area (Å²) >= 11 is 1.59. The van der Waals surface area contributed by atoms with Gasteiger partial charge >= 0.3 is 0 Å². The second-order valence-corrected chi connectivity index (χ2v) is 8.36. The lowest BCUT2D eigenvalue weighted by atomic mass is 9.96. The number of hydrogen-bond donors (Lipinski definition) is 0. The topological polar surface area (TPSA) is 81.1 Å². The van der Waals surface area contributed by atoms with Crippen molar-refractivity contribution in [3.8, 4) is 22.1 Å². The standard InChI is InChI=1S/C21H20FN5O2S/c1-13(20-24-19(26-28-20)17-8-4-10-30-17)27-9-3-6-15(12-27)21-23-18(25-29-21)14-5-2-7-16(22)11-14/h2,4-5,7-8,10-11,13,15H,3,6,9,12H2,1H3. The number of piperidine rings is 1. The van der Waals surface area contributed by atoms with Gasteiger partial charge in [-0.05, 0) is 49.9 Å². The third kappa shape index (κ3) is 3.78. The molecule has 0 saturated carbocycles. The summed E-state index contributed by atoms with van der Waals surface area (Å²) in [4.78, 5) is 12.4. The molecule has 1 aromatic carbocycles. The van der Waals surface area contributed by atoms with Gasteiger partial charge in [0.05, 0.1) is 16.8 Å². The average molecular weight is 425 g/mol. The molecule has 3 aromatic heterocycles. The Hall–Kier alpha value is -2.91. The van der Waals surface area contributed by atoms with Crippen LogP contribution in [0.25, 0.3) is 22.1 Å². The summed E-state index contributed by atoms with van der Waals surface area (Å²) in [5.74, 6) is 2.00. The number of nitrogens with zero attached hydrogens (tertiary/aromatic N) is 5. The lowest BCUT2D eigenvalue weighted by Gasteiger charge is -2.33. The first kappa shape index (κ1) is 19.1. The molecule has 4 aromatic rings. The monoisotopic (exact) mass is 425 g/mol. The number of rotatable bonds is 5. The fraction of sp³-hybridized carbons (Fsp3) is 0.333. The Kier molecular flexibility index (Phi) is 5.14. The Morgan fingerprint density at radius 3 is 2.87 bits per heavy atom. The number of thiophene rings is 1. The maximum atomic E-state index is 13.5. The van der Waals surface area contributed by atoms with E-state index in [0.717, 1.165) is 30.8 Å². The summed E-state index contributed by atoms with van der Waals surface area (Å²) in [5.41, 5.74) is 0.609. The molecule has 30 heavy (non-hydrogen) atoms. The van der Waals surface area contributed by atoms with Crippen molar-refractivity contribution in [2.24, 2.45) is 0 Å². The molecule has 2 atom stereocenters. The quantitative estimate of drug-likeness (QED) is 0.448. The van der Waals surface area contributed by atoms with Crippen LogP contribution in [0.4, 0.5) is 4.39 Å². The molecule has 9 heteroatoms. The van der Waals surface area contributed by atoms with E-state index >= 15 is 0 Å². The fourth-order valence-corrected chi connectivity index (χ4v) is 4.42. The van der Waals surface area contributed by atoms with Gasteiger partial charge in [-0.25, -0.2) is 4.39 Å². The summed E-state index contributed by atoms with van der Waals surface area (Å²) < 4.78 is 24.6. The second kappa shape index (κ2) is 8.08. The van der Waals surface area contributed by atoms with Gasteiger partial charge in [0.1, 0.15) is 5.82 Å². The largest absolute Gasteiger partial charge is 0.339 e. The molecule has 1 fully saturated rings. The van der Waals surface area contributed by atoms with Crippen molar-refractivity contribution in [2.45, 2.75) is 31.7 Å². The molecule has 1 aliphatic rings. The minimum absolute atomic E-state index is 0.0142. The zero-order valence-corrected chi connectivity index (χ0v) is 17.2. The number of halogens is 1. The Balaban J connectivity index is 1.30. The van der Waals surface area contributed by atoms with E-state index in [1.807, 2.05) is 17.5 Å². The van der Waals surface area contributed by atoms with Gasteiger partial charge in [-0.2, -0.15) is 9.97 Å². The van der Waals surface area contributed by atoms with E-state index in [4.69, 9.17) is 9.05 Å². The van der Waals surface area contributed by atoms with Gasteiger partial charge in [-0.15, -0.1) is 11.3 Å². The summed E-state index contributed by atoms with van der Waals surface area (Å²) in [5, 5.41) is 10.2. The third-order valence-electron chi connectivity index (χ3n) is 5.42. The molecule has 4 heterocycles. The van der Waals surface area contributed by atoms with E-state index in [1.54, 1.807) is 23.5 Å². The first-order valence-corrected chi connectivity index (χ1v) is 10.8. The van der Waals surface area contributed by atoms with E-state index in [1.165, 1.54) is 12.1 Å². The van der Waals surface area contributed by atoms with Crippen LogP contribution in [0.5, 0.6) is 0 Å². The highest BCUT2D eigenvalue weighted by Crippen LogP contribution is 2.32. The van der Waals surface area contributed by atoms with E-state index in [2.05, 4.69) is 32.1 Å². The molecule has 5 rings (SSSR count). The normalized spacial score (nSPS) is 18.5. The van der Waals surface area contributed by atoms with Crippen molar-refractivity contribution in [2.75, 3.05) is 13.1 Å². The van der Waals surface area contributed by atoms with Crippen LogP contribution in [0.3, 0.4) is 0 Å². The Morgan fingerprint density at radius 1 is 1.13 bits per heavy atom. The molecule has 0 N–H and O–H groups in total. The van der Waals surface area contributed by atoms with Crippen LogP contribution < -0.4 is 0 Å². The maximum absolute atomic E-state index is 13.5. The van der Waals surface area contributed by atoms with Gasteiger partial charge < -0.3 is 9.05 Å². The SMILES string of the molecule is CC(c1nc(-c2cccs2)no1)N1CCCC(c2nc(-c3cccc(F)c3)no2)C1. The molecule has 7 nitrogen and oxygen atoms in total. The number of benzene rings is 1. The second-order valence-electron chi connectivity index (χ2n) is 7.41. The molecule has 0 spiro atoms. The molecule has 0 aliphatic carbocycles. The van der Waals surface area contributed by atoms with Gasteiger partial charge in [-0.3, -0.25) is 4.90 Å². The summed E-state index contributed by atoms with van der Waals surface area (Å²) in [6.07, 6.45) is 1.96. The van der Waals surface area contributed by atoms with Crippen molar-refractivity contribution >= 4 is 11.3 Å². The van der Waals surface area contributed by atoms with Gasteiger partial charge in [0.2, 0.25) is 23.4 Å². The summed E-state index contributed by atoms with van der Waals surface area (Å²) in [6, 6.07) is 10.1. The minimum atomic E-state index is -0.321. The molecule has 0 radical (unpaired) electrons. The van der Waals surface area contributed by atoms with E-state index in [9.17, 15) is 4.39 Å². The highest BCUT2D eigenvalue weighted by molar-refractivity contribution is 7.13. The minimum Gasteiger partial charge on any atom is -0.339 e. The fourth-order valence-electron chi connectivity index (χ4n) is 3.77. The first-order chi connectivity index (χ1) is 14.7. The molecular formula is C21H20FN5O2S. The number of hydrogen-bond acceptors (Lipinski definition) is 8. The van der Waals surface area contributed by atoms with Crippen molar-refractivity contribution < 1.29 is 13.4 Å². The van der Waals surface area contributed by atoms with Crippen LogP contribution in [0.15, 0.2) is 50.8 Å². The third-order valence-corrected chi connectivity index (χ3v) is 6.28. The van der Waals surface area contributed by atoms with Crippen molar-refractivity contribution in [3.05, 3.63) is 59.4 Å². The van der Waals surface area contributed by atoms with Crippen LogP contribution in [0.2, 0.25) is 0 Å². The van der Waals surface area contributed by atoms with Crippen molar-refractivity contribution in [1.29, 1.82) is 0 Å². The number of likely N-dealkylation sites (tertiary alicyclic amines) is 1. The van der Waals surface area contributed by atoms with Crippen molar-refractivity contribution in [1.82, 2.24) is 25.2 Å². The Morgan fingerprint density at radius 2 is 2.03 bits per heavy atom. The smallest absolute Gasteiger partial charge is 0.244 e. The predicted molar refractivity (Wildman–Crippen MR) is 109 cm³/mol. The van der Waals surface area contributed by atoms with Crippen LogP contribution in [-0.4, -0.2) is 38.3 Å². The van der Waals surface area contributed by atoms with Gasteiger partial charge in [0.15, 0.2) is 0 Å². The van der Waals surface area contributed by atoms with E-state index in [-0.39, 0.29) is 17.8 Å². The van der Waals surface area contributed by atoms with Gasteiger partial charge in [0, 0.05) is 12.1 Å². The van der Waals surface area contributed by atoms with E-state index in [0.29, 0.717) is 29.0 Å². The van der Waals surface area contributed by atoms with Crippen LogP contribution in [0.1, 0.15) is 43.5 Å². The zero-order valence-electron chi connectivity index (χ0n) is 16.4. The molecule has 154 valence electrons. The van der Waals surface area contributed by atoms with E-state index < -0.39 is 0 Å². The molecular weight excluding hydrogens is 405 g/mol. The Labute approximate surface area is 176 Å². The maximum Gasteiger partial charge on any atom is 0.244 e. The van der Waals surface area contributed by atoms with Crippen LogP contribution in [-0.2, 0) is 0 Å². The summed E-state index contributed by atoms with van der Waals surface area (Å²) in [6.45, 7) is 3.75. The molecule has 2 unspecified atom stereocenters. The number of aromatic nitrogens is 4. The van der Waals surface area contributed by atoms with Crippen LogP contribution in [0, 0.1) is 5.82 Å². The first-order valence-electron chi connectivity index (χ1n) is 9.88. The molecule has 0 bridgehead atoms.